The fourth-order valence-electron chi connectivity index (χ4n) is 1.36. The van der Waals surface area contributed by atoms with E-state index in [0.29, 0.717) is 24.6 Å². The van der Waals surface area contributed by atoms with Gasteiger partial charge < -0.3 is 20.5 Å². The summed E-state index contributed by atoms with van der Waals surface area (Å²) in [5, 5.41) is 22.3. The van der Waals surface area contributed by atoms with Crippen LogP contribution in [0.1, 0.15) is 18.7 Å². The maximum Gasteiger partial charge on any atom is 0.406 e. The lowest BCUT2D eigenvalue weighted by Crippen LogP contribution is -2.08. The maximum atomic E-state index is 10.7. The summed E-state index contributed by atoms with van der Waals surface area (Å²) in [6.07, 6.45) is 1.44. The molecular weight excluding hydrogens is 212 g/mol. The van der Waals surface area contributed by atoms with Crippen molar-refractivity contribution >= 4 is 11.6 Å². The van der Waals surface area contributed by atoms with Crippen molar-refractivity contribution in [3.8, 4) is 0 Å². The number of hydrogen-bond donors (Lipinski definition) is 2. The molecule has 0 saturated carbocycles. The van der Waals surface area contributed by atoms with Crippen molar-refractivity contribution in [3.63, 3.8) is 0 Å². The molecule has 0 aliphatic carbocycles. The van der Waals surface area contributed by atoms with E-state index in [9.17, 15) is 10.1 Å². The molecule has 1 heterocycles. The number of nitrogens with zero attached hydrogens (tertiary/aromatic N) is 3. The number of aromatic nitrogens is 2. The molecule has 90 valence electrons. The summed E-state index contributed by atoms with van der Waals surface area (Å²) < 4.78 is 1.65. The zero-order chi connectivity index (χ0) is 12.1. The number of anilines is 1. The van der Waals surface area contributed by atoms with E-state index in [2.05, 4.69) is 10.3 Å². The maximum absolute atomic E-state index is 10.7. The minimum Gasteiger partial charge on any atom is -0.396 e. The SMILES string of the molecule is Cc1nc([N+](=O)[O-])c(NCCCCO)n1C. The lowest BCUT2D eigenvalue weighted by Gasteiger charge is -2.05. The van der Waals surface area contributed by atoms with Crippen molar-refractivity contribution in [1.82, 2.24) is 9.55 Å². The first-order valence-electron chi connectivity index (χ1n) is 5.10. The molecule has 0 bridgehead atoms. The Balaban J connectivity index is 2.73. The van der Waals surface area contributed by atoms with Crippen LogP contribution in [0.4, 0.5) is 11.6 Å². The summed E-state index contributed by atoms with van der Waals surface area (Å²) in [4.78, 5) is 14.1. The Hall–Kier alpha value is -1.63. The number of aliphatic hydroxyl groups is 1. The molecule has 0 saturated heterocycles. The fraction of sp³-hybridized carbons (Fsp3) is 0.667. The molecule has 2 N–H and O–H groups in total. The van der Waals surface area contributed by atoms with Crippen LogP contribution in [0.15, 0.2) is 0 Å². The van der Waals surface area contributed by atoms with Crippen LogP contribution in [0.5, 0.6) is 0 Å². The van der Waals surface area contributed by atoms with Gasteiger partial charge in [-0.2, -0.15) is 0 Å². The van der Waals surface area contributed by atoms with Gasteiger partial charge in [-0.05, 0) is 22.7 Å². The van der Waals surface area contributed by atoms with Crippen molar-refractivity contribution in [1.29, 1.82) is 0 Å². The molecule has 1 aromatic heterocycles. The number of hydrogen-bond acceptors (Lipinski definition) is 5. The highest BCUT2D eigenvalue weighted by molar-refractivity contribution is 5.53. The van der Waals surface area contributed by atoms with Crippen LogP contribution in [0.3, 0.4) is 0 Å². The number of imidazole rings is 1. The van der Waals surface area contributed by atoms with E-state index >= 15 is 0 Å². The van der Waals surface area contributed by atoms with Gasteiger partial charge in [0.05, 0.1) is 0 Å². The van der Waals surface area contributed by atoms with Gasteiger partial charge in [0.15, 0.2) is 0 Å². The molecule has 0 radical (unpaired) electrons. The van der Waals surface area contributed by atoms with Gasteiger partial charge in [0, 0.05) is 27.1 Å². The summed E-state index contributed by atoms with van der Waals surface area (Å²) in [5.74, 6) is 0.862. The van der Waals surface area contributed by atoms with Gasteiger partial charge in [0.25, 0.3) is 0 Å². The lowest BCUT2D eigenvalue weighted by molar-refractivity contribution is -0.388. The van der Waals surface area contributed by atoms with Crippen LogP contribution in [0, 0.1) is 17.0 Å². The predicted octanol–water partition coefficient (Wildman–Crippen LogP) is 0.821. The molecule has 1 rings (SSSR count). The van der Waals surface area contributed by atoms with E-state index in [4.69, 9.17) is 5.11 Å². The van der Waals surface area contributed by atoms with E-state index in [1.54, 1.807) is 18.5 Å². The smallest absolute Gasteiger partial charge is 0.396 e. The summed E-state index contributed by atoms with van der Waals surface area (Å²) in [7, 11) is 1.73. The van der Waals surface area contributed by atoms with Crippen LogP contribution in [0.25, 0.3) is 0 Å². The number of aliphatic hydroxyl groups excluding tert-OH is 1. The average Bonchev–Trinajstić information content (AvgIpc) is 2.52. The number of unbranched alkanes of at least 4 members (excludes halogenated alkanes) is 1. The summed E-state index contributed by atoms with van der Waals surface area (Å²) >= 11 is 0. The molecule has 7 heteroatoms. The highest BCUT2D eigenvalue weighted by Crippen LogP contribution is 2.23. The molecule has 1 aromatic rings. The van der Waals surface area contributed by atoms with Crippen LogP contribution in [0.2, 0.25) is 0 Å². The summed E-state index contributed by atoms with van der Waals surface area (Å²) in [6.45, 7) is 2.43. The minimum absolute atomic E-state index is 0.133. The number of rotatable bonds is 6. The molecule has 0 spiro atoms. The van der Waals surface area contributed by atoms with E-state index in [-0.39, 0.29) is 12.4 Å². The van der Waals surface area contributed by atoms with E-state index in [1.165, 1.54) is 0 Å². The Morgan fingerprint density at radius 2 is 2.25 bits per heavy atom. The van der Waals surface area contributed by atoms with E-state index < -0.39 is 4.92 Å². The Morgan fingerprint density at radius 1 is 1.56 bits per heavy atom. The molecule has 0 aliphatic rings. The summed E-state index contributed by atoms with van der Waals surface area (Å²) in [5.41, 5.74) is 0. The first kappa shape index (κ1) is 12.4. The topological polar surface area (TPSA) is 93.2 Å². The van der Waals surface area contributed by atoms with E-state index in [0.717, 1.165) is 6.42 Å². The molecule has 0 unspecified atom stereocenters. The zero-order valence-electron chi connectivity index (χ0n) is 9.43. The van der Waals surface area contributed by atoms with Crippen molar-refractivity contribution in [2.24, 2.45) is 7.05 Å². The second kappa shape index (κ2) is 5.45. The number of nitro groups is 1. The second-order valence-electron chi connectivity index (χ2n) is 3.50. The minimum atomic E-state index is -0.499. The summed E-state index contributed by atoms with van der Waals surface area (Å²) in [6, 6.07) is 0. The first-order valence-corrected chi connectivity index (χ1v) is 5.10. The van der Waals surface area contributed by atoms with Gasteiger partial charge in [0.1, 0.15) is 0 Å². The van der Waals surface area contributed by atoms with Crippen LogP contribution < -0.4 is 5.32 Å². The molecule has 0 amide bonds. The third kappa shape index (κ3) is 2.69. The highest BCUT2D eigenvalue weighted by Gasteiger charge is 2.22. The van der Waals surface area contributed by atoms with Crippen molar-refractivity contribution < 1.29 is 10.0 Å². The second-order valence-corrected chi connectivity index (χ2v) is 3.50. The monoisotopic (exact) mass is 228 g/mol. The van der Waals surface area contributed by atoms with Crippen LogP contribution >= 0.6 is 0 Å². The standard InChI is InChI=1S/C9H16N4O3/c1-7-11-9(13(15)16)8(12(7)2)10-5-3-4-6-14/h10,14H,3-6H2,1-2H3. The van der Waals surface area contributed by atoms with Gasteiger partial charge in [-0.15, -0.1) is 0 Å². The van der Waals surface area contributed by atoms with Gasteiger partial charge in [-0.3, -0.25) is 4.57 Å². The van der Waals surface area contributed by atoms with E-state index in [1.807, 2.05) is 0 Å². The quantitative estimate of drug-likeness (QED) is 0.427. The van der Waals surface area contributed by atoms with Gasteiger partial charge >= 0.3 is 5.82 Å². The molecule has 0 aliphatic heterocycles. The third-order valence-electron chi connectivity index (χ3n) is 2.35. The fourth-order valence-corrected chi connectivity index (χ4v) is 1.36. The Morgan fingerprint density at radius 3 is 2.81 bits per heavy atom. The molecule has 7 nitrogen and oxygen atoms in total. The molecule has 0 fully saturated rings. The molecule has 0 aromatic carbocycles. The third-order valence-corrected chi connectivity index (χ3v) is 2.35. The number of aryl methyl sites for hydroxylation is 1. The van der Waals surface area contributed by atoms with Gasteiger partial charge in [-0.25, -0.2) is 0 Å². The molecular formula is C9H16N4O3. The van der Waals surface area contributed by atoms with Crippen LogP contribution in [-0.2, 0) is 7.05 Å². The molecule has 16 heavy (non-hydrogen) atoms. The van der Waals surface area contributed by atoms with Crippen LogP contribution in [-0.4, -0.2) is 32.7 Å². The Kier molecular flexibility index (Phi) is 4.24. The Labute approximate surface area is 93.3 Å². The Bertz CT molecular complexity index is 375. The lowest BCUT2D eigenvalue weighted by atomic mass is 10.3. The largest absolute Gasteiger partial charge is 0.406 e. The molecule has 0 atom stereocenters. The predicted molar refractivity (Wildman–Crippen MR) is 59.4 cm³/mol. The average molecular weight is 228 g/mol. The van der Waals surface area contributed by atoms with Gasteiger partial charge in [-0.1, -0.05) is 0 Å². The normalized spacial score (nSPS) is 10.4. The van der Waals surface area contributed by atoms with Crippen molar-refractivity contribution in [2.45, 2.75) is 19.8 Å². The van der Waals surface area contributed by atoms with Crippen molar-refractivity contribution in [3.05, 3.63) is 15.9 Å². The zero-order valence-corrected chi connectivity index (χ0v) is 9.43. The highest BCUT2D eigenvalue weighted by atomic mass is 16.6. The first-order chi connectivity index (χ1) is 7.57. The number of nitrogens with one attached hydrogen (secondary N) is 1. The van der Waals surface area contributed by atoms with Crippen molar-refractivity contribution in [2.75, 3.05) is 18.5 Å². The van der Waals surface area contributed by atoms with Gasteiger partial charge in [0.2, 0.25) is 11.6 Å².